The van der Waals surface area contributed by atoms with Crippen molar-refractivity contribution < 1.29 is 8.42 Å². The van der Waals surface area contributed by atoms with E-state index in [9.17, 15) is 13.2 Å². The van der Waals surface area contributed by atoms with Crippen LogP contribution in [-0.4, -0.2) is 30.5 Å². The van der Waals surface area contributed by atoms with E-state index in [0.717, 1.165) is 28.2 Å². The number of hydrogen-bond donors (Lipinski definition) is 1. The first-order chi connectivity index (χ1) is 14.5. The number of rotatable bonds is 8. The molecule has 4 rings (SSSR count). The van der Waals surface area contributed by atoms with Crippen molar-refractivity contribution >= 4 is 43.3 Å². The average molecular weight is 463 g/mol. The number of sulfonamides is 1. The molecule has 0 unspecified atom stereocenters. The number of nitrogens with zero attached hydrogens (tertiary/aromatic N) is 1. The summed E-state index contributed by atoms with van der Waals surface area (Å²) in [7, 11) is -3.59. The monoisotopic (exact) mass is 462 g/mol. The predicted molar refractivity (Wildman–Crippen MR) is 126 cm³/mol. The van der Waals surface area contributed by atoms with Crippen molar-refractivity contribution in [1.82, 2.24) is 9.29 Å². The molecular weight excluding hydrogens is 436 g/mol. The van der Waals surface area contributed by atoms with E-state index < -0.39 is 10.0 Å². The Labute approximate surface area is 185 Å². The molecule has 0 atom stereocenters. The highest BCUT2D eigenvalue weighted by atomic mass is 32.2. The molecule has 1 fully saturated rings. The van der Waals surface area contributed by atoms with E-state index in [4.69, 9.17) is 0 Å². The van der Waals surface area contributed by atoms with Crippen LogP contribution in [0.3, 0.4) is 0 Å². The Kier molecular flexibility index (Phi) is 6.98. The molecule has 1 saturated carbocycles. The van der Waals surface area contributed by atoms with Gasteiger partial charge in [0.15, 0.2) is 0 Å². The Hall–Kier alpha value is -1.61. The van der Waals surface area contributed by atoms with Gasteiger partial charge in [-0.1, -0.05) is 60.9 Å². The highest BCUT2D eigenvalue weighted by Crippen LogP contribution is 2.28. The van der Waals surface area contributed by atoms with Crippen molar-refractivity contribution in [1.29, 1.82) is 0 Å². The zero-order valence-electron chi connectivity index (χ0n) is 16.7. The van der Waals surface area contributed by atoms with Gasteiger partial charge in [-0.2, -0.15) is 11.8 Å². The van der Waals surface area contributed by atoms with Crippen LogP contribution < -0.4 is 9.60 Å². The molecule has 0 spiro atoms. The Morgan fingerprint density at radius 2 is 1.83 bits per heavy atom. The zero-order valence-corrected chi connectivity index (χ0v) is 19.2. The van der Waals surface area contributed by atoms with E-state index in [0.29, 0.717) is 23.0 Å². The summed E-state index contributed by atoms with van der Waals surface area (Å²) in [5, 5.41) is 0.668. The molecule has 0 saturated heterocycles. The molecule has 3 aromatic rings. The number of nitrogens with one attached hydrogen (secondary N) is 1. The van der Waals surface area contributed by atoms with Crippen molar-refractivity contribution in [3.05, 3.63) is 63.8 Å². The van der Waals surface area contributed by atoms with Gasteiger partial charge in [0, 0.05) is 17.5 Å². The largest absolute Gasteiger partial charge is 0.308 e. The first-order valence-electron chi connectivity index (χ1n) is 10.3. The third kappa shape index (κ3) is 5.17. The first-order valence-corrected chi connectivity index (χ1v) is 13.7. The number of thiazole rings is 1. The molecule has 1 aromatic heterocycles. The highest BCUT2D eigenvalue weighted by molar-refractivity contribution is 8.00. The SMILES string of the molecule is O=c1sc2cc(S(=O)(=O)NCCSC3CCCCC3)ccc2n1Cc1ccccc1. The van der Waals surface area contributed by atoms with E-state index in [-0.39, 0.29) is 9.77 Å². The molecule has 0 amide bonds. The highest BCUT2D eigenvalue weighted by Gasteiger charge is 2.18. The number of hydrogen-bond acceptors (Lipinski definition) is 5. The number of benzene rings is 2. The van der Waals surface area contributed by atoms with Crippen LogP contribution in [0.1, 0.15) is 37.7 Å². The lowest BCUT2D eigenvalue weighted by molar-refractivity contribution is 0.516. The second-order valence-corrected chi connectivity index (χ2v) is 11.8. The number of aromatic nitrogens is 1. The smallest absolute Gasteiger partial charge is 0.294 e. The second kappa shape index (κ2) is 9.68. The summed E-state index contributed by atoms with van der Waals surface area (Å²) in [5.74, 6) is 0.785. The Bertz CT molecular complexity index is 1150. The van der Waals surface area contributed by atoms with Crippen molar-refractivity contribution in [2.45, 2.75) is 48.8 Å². The molecule has 5 nitrogen and oxygen atoms in total. The van der Waals surface area contributed by atoms with E-state index in [1.807, 2.05) is 42.1 Å². The average Bonchev–Trinajstić information content (AvgIpc) is 3.07. The topological polar surface area (TPSA) is 68.2 Å². The standard InChI is InChI=1S/C22H26N2O3S3/c25-22-24(16-17-7-3-1-4-8-17)20-12-11-19(15-21(20)29-22)30(26,27)23-13-14-28-18-9-5-2-6-10-18/h1,3-4,7-8,11-12,15,18,23H,2,5-6,9-10,13-14,16H2. The van der Waals surface area contributed by atoms with Gasteiger partial charge in [-0.3, -0.25) is 9.36 Å². The lowest BCUT2D eigenvalue weighted by Gasteiger charge is -2.20. The third-order valence-electron chi connectivity index (χ3n) is 5.43. The van der Waals surface area contributed by atoms with Gasteiger partial charge in [-0.25, -0.2) is 13.1 Å². The number of fused-ring (bicyclic) bond motifs is 1. The van der Waals surface area contributed by atoms with Crippen LogP contribution >= 0.6 is 23.1 Å². The van der Waals surface area contributed by atoms with E-state index in [1.54, 1.807) is 22.8 Å². The molecule has 1 aliphatic rings. The van der Waals surface area contributed by atoms with Crippen LogP contribution in [0.5, 0.6) is 0 Å². The lowest BCUT2D eigenvalue weighted by atomic mass is 10.0. The van der Waals surface area contributed by atoms with Crippen LogP contribution in [0.25, 0.3) is 10.2 Å². The maximum absolute atomic E-state index is 12.7. The van der Waals surface area contributed by atoms with Gasteiger partial charge in [0.05, 0.1) is 21.7 Å². The molecule has 1 heterocycles. The molecule has 0 aliphatic heterocycles. The number of thioether (sulfide) groups is 1. The van der Waals surface area contributed by atoms with Crippen LogP contribution in [0.2, 0.25) is 0 Å². The van der Waals surface area contributed by atoms with Gasteiger partial charge < -0.3 is 0 Å². The second-order valence-electron chi connectivity index (χ2n) is 7.60. The summed E-state index contributed by atoms with van der Waals surface area (Å²) in [6, 6.07) is 14.7. The molecule has 0 radical (unpaired) electrons. The molecule has 1 aliphatic carbocycles. The molecule has 2 aromatic carbocycles. The summed E-state index contributed by atoms with van der Waals surface area (Å²) < 4.78 is 30.5. The van der Waals surface area contributed by atoms with Crippen LogP contribution in [-0.2, 0) is 16.6 Å². The van der Waals surface area contributed by atoms with Crippen molar-refractivity contribution in [2.75, 3.05) is 12.3 Å². The normalized spacial score (nSPS) is 15.6. The van der Waals surface area contributed by atoms with Gasteiger partial charge >= 0.3 is 4.87 Å². The third-order valence-corrected chi connectivity index (χ3v) is 9.22. The molecule has 0 bridgehead atoms. The van der Waals surface area contributed by atoms with E-state index in [2.05, 4.69) is 4.72 Å². The molecule has 1 N–H and O–H groups in total. The fourth-order valence-corrected chi connectivity index (χ4v) is 7.26. The van der Waals surface area contributed by atoms with Gasteiger partial charge in [0.25, 0.3) is 0 Å². The summed E-state index contributed by atoms with van der Waals surface area (Å²) in [6.45, 7) is 0.898. The van der Waals surface area contributed by atoms with Crippen LogP contribution in [0, 0.1) is 0 Å². The van der Waals surface area contributed by atoms with E-state index >= 15 is 0 Å². The minimum absolute atomic E-state index is 0.0831. The van der Waals surface area contributed by atoms with Crippen molar-refractivity contribution in [3.8, 4) is 0 Å². The summed E-state index contributed by atoms with van der Waals surface area (Å²) in [6.07, 6.45) is 6.39. The molecule has 30 heavy (non-hydrogen) atoms. The molecular formula is C22H26N2O3S3. The van der Waals surface area contributed by atoms with Crippen LogP contribution in [0.15, 0.2) is 58.2 Å². The van der Waals surface area contributed by atoms with Crippen molar-refractivity contribution in [3.63, 3.8) is 0 Å². The fraction of sp³-hybridized carbons (Fsp3) is 0.409. The predicted octanol–water partition coefficient (Wildman–Crippen LogP) is 4.46. The molecule has 160 valence electrons. The Morgan fingerprint density at radius 3 is 2.60 bits per heavy atom. The van der Waals surface area contributed by atoms with Gasteiger partial charge in [0.1, 0.15) is 0 Å². The Morgan fingerprint density at radius 1 is 1.07 bits per heavy atom. The van der Waals surface area contributed by atoms with Gasteiger partial charge in [-0.15, -0.1) is 0 Å². The molecule has 8 heteroatoms. The maximum Gasteiger partial charge on any atom is 0.308 e. The minimum Gasteiger partial charge on any atom is -0.294 e. The summed E-state index contributed by atoms with van der Waals surface area (Å²) in [4.78, 5) is 12.6. The minimum atomic E-state index is -3.59. The van der Waals surface area contributed by atoms with Gasteiger partial charge in [0.2, 0.25) is 10.0 Å². The summed E-state index contributed by atoms with van der Waals surface area (Å²) in [5.41, 5.74) is 1.80. The maximum atomic E-state index is 12.7. The quantitative estimate of drug-likeness (QED) is 0.502. The van der Waals surface area contributed by atoms with Crippen LogP contribution in [0.4, 0.5) is 0 Å². The van der Waals surface area contributed by atoms with E-state index in [1.165, 1.54) is 32.1 Å². The lowest BCUT2D eigenvalue weighted by Crippen LogP contribution is -2.26. The zero-order chi connectivity index (χ0) is 21.0. The summed E-state index contributed by atoms with van der Waals surface area (Å²) >= 11 is 2.96. The Balaban J connectivity index is 1.44. The fourth-order valence-electron chi connectivity index (χ4n) is 3.85. The van der Waals surface area contributed by atoms with Gasteiger partial charge in [-0.05, 0) is 36.6 Å². The van der Waals surface area contributed by atoms with Crippen molar-refractivity contribution in [2.24, 2.45) is 0 Å². The first kappa shape index (κ1) is 21.6.